The molecule has 0 aliphatic carbocycles. The summed E-state index contributed by atoms with van der Waals surface area (Å²) in [5.74, 6) is 0.177. The first-order valence-electron chi connectivity index (χ1n) is 9.17. The Labute approximate surface area is 163 Å². The van der Waals surface area contributed by atoms with E-state index in [4.69, 9.17) is 4.42 Å². The number of furan rings is 1. The summed E-state index contributed by atoms with van der Waals surface area (Å²) in [4.78, 5) is 24.3. The summed E-state index contributed by atoms with van der Waals surface area (Å²) in [5, 5.41) is 10.6. The second-order valence-corrected chi connectivity index (χ2v) is 6.56. The Balaban J connectivity index is 1.62. The molecule has 2 heterocycles. The van der Waals surface area contributed by atoms with Gasteiger partial charge in [0.25, 0.3) is 0 Å². The first-order chi connectivity index (χ1) is 13.4. The highest BCUT2D eigenvalue weighted by atomic mass is 16.3. The number of carbonyl (C=O) groups is 2. The largest absolute Gasteiger partial charge is 0.460 e. The van der Waals surface area contributed by atoms with Crippen LogP contribution in [-0.4, -0.2) is 28.1 Å². The lowest BCUT2D eigenvalue weighted by molar-refractivity contribution is -0.121. The van der Waals surface area contributed by atoms with Crippen LogP contribution in [0, 0.1) is 13.8 Å². The number of hydrogen-bond acceptors (Lipinski definition) is 4. The molecule has 0 radical (unpaired) electrons. The number of nitrogens with one attached hydrogen (secondary N) is 2. The van der Waals surface area contributed by atoms with E-state index in [0.29, 0.717) is 5.69 Å². The molecule has 2 aromatic heterocycles. The van der Waals surface area contributed by atoms with Crippen molar-refractivity contribution in [1.82, 2.24) is 15.1 Å². The number of rotatable bonds is 6. The van der Waals surface area contributed by atoms with E-state index in [2.05, 4.69) is 15.7 Å². The number of benzene rings is 1. The monoisotopic (exact) mass is 380 g/mol. The third-order valence-corrected chi connectivity index (χ3v) is 4.63. The zero-order chi connectivity index (χ0) is 20.3. The summed E-state index contributed by atoms with van der Waals surface area (Å²) in [7, 11) is 1.81. The molecule has 3 rings (SSSR count). The number of amides is 2. The van der Waals surface area contributed by atoms with Crippen molar-refractivity contribution in [2.24, 2.45) is 7.05 Å². The van der Waals surface area contributed by atoms with Crippen LogP contribution >= 0.6 is 0 Å². The normalized spacial score (nSPS) is 11.3. The lowest BCUT2D eigenvalue weighted by Gasteiger charge is -2.06. The van der Waals surface area contributed by atoms with Crippen molar-refractivity contribution < 1.29 is 14.0 Å². The predicted octanol–water partition coefficient (Wildman–Crippen LogP) is 3.11. The smallest absolute Gasteiger partial charge is 0.244 e. The zero-order valence-corrected chi connectivity index (χ0v) is 16.5. The molecule has 3 aromatic rings. The van der Waals surface area contributed by atoms with E-state index in [9.17, 15) is 9.59 Å². The van der Waals surface area contributed by atoms with Gasteiger partial charge in [-0.25, -0.2) is 0 Å². The number of nitrogens with zero attached hydrogens (tertiary/aromatic N) is 2. The summed E-state index contributed by atoms with van der Waals surface area (Å²) < 4.78 is 7.52. The number of aryl methyl sites for hydroxylation is 3. The maximum absolute atomic E-state index is 12.1. The predicted molar refractivity (Wildman–Crippen MR) is 109 cm³/mol. The Morgan fingerprint density at radius 2 is 2.00 bits per heavy atom. The van der Waals surface area contributed by atoms with Crippen LogP contribution in [0.1, 0.15) is 29.6 Å². The Hall–Kier alpha value is -3.35. The molecular weight excluding hydrogens is 356 g/mol. The van der Waals surface area contributed by atoms with Crippen molar-refractivity contribution in [2.45, 2.75) is 27.2 Å². The van der Waals surface area contributed by atoms with Gasteiger partial charge in [-0.05, 0) is 26.0 Å². The van der Waals surface area contributed by atoms with Crippen molar-refractivity contribution in [1.29, 1.82) is 0 Å². The van der Waals surface area contributed by atoms with Crippen molar-refractivity contribution >= 4 is 34.5 Å². The number of anilines is 1. The fourth-order valence-electron chi connectivity index (χ4n) is 3.08. The minimum Gasteiger partial charge on any atom is -0.460 e. The van der Waals surface area contributed by atoms with Crippen LogP contribution in [0.15, 0.2) is 34.8 Å². The summed E-state index contributed by atoms with van der Waals surface area (Å²) in [5.41, 5.74) is 3.95. The van der Waals surface area contributed by atoms with Crippen LogP contribution in [-0.2, 0) is 23.1 Å². The van der Waals surface area contributed by atoms with Gasteiger partial charge < -0.3 is 15.1 Å². The van der Waals surface area contributed by atoms with E-state index >= 15 is 0 Å². The fourth-order valence-corrected chi connectivity index (χ4v) is 3.08. The molecule has 1 aromatic carbocycles. The molecule has 0 atom stereocenters. The second kappa shape index (κ2) is 8.12. The lowest BCUT2D eigenvalue weighted by atomic mass is 10.1. The number of fused-ring (bicyclic) bond motifs is 1. The number of para-hydroxylation sites is 1. The van der Waals surface area contributed by atoms with E-state index in [0.717, 1.165) is 40.1 Å². The molecule has 0 aliphatic rings. The Morgan fingerprint density at radius 1 is 1.25 bits per heavy atom. The molecule has 0 unspecified atom stereocenters. The molecule has 0 saturated heterocycles. The molecule has 0 fully saturated rings. The molecule has 7 nitrogen and oxygen atoms in total. The van der Waals surface area contributed by atoms with Gasteiger partial charge >= 0.3 is 0 Å². The van der Waals surface area contributed by atoms with Crippen molar-refractivity contribution in [3.05, 3.63) is 53.1 Å². The SMILES string of the molecule is CCc1oc2ccccc2c1/C=C/C(=O)NCC(=O)Nc1c(C)nn(C)c1C. The van der Waals surface area contributed by atoms with Gasteiger partial charge in [-0.3, -0.25) is 14.3 Å². The Bertz CT molecular complexity index is 1060. The topological polar surface area (TPSA) is 89.2 Å². The highest BCUT2D eigenvalue weighted by Gasteiger charge is 2.13. The van der Waals surface area contributed by atoms with Crippen LogP contribution < -0.4 is 10.6 Å². The minimum atomic E-state index is -0.345. The second-order valence-electron chi connectivity index (χ2n) is 6.56. The molecule has 28 heavy (non-hydrogen) atoms. The van der Waals surface area contributed by atoms with Gasteiger partial charge in [-0.2, -0.15) is 5.10 Å². The summed E-state index contributed by atoms with van der Waals surface area (Å²) in [6, 6.07) is 7.71. The number of aromatic nitrogens is 2. The van der Waals surface area contributed by atoms with E-state index in [1.807, 2.05) is 52.1 Å². The van der Waals surface area contributed by atoms with E-state index < -0.39 is 0 Å². The Morgan fingerprint density at radius 3 is 2.68 bits per heavy atom. The van der Waals surface area contributed by atoms with Gasteiger partial charge in [0.05, 0.1) is 23.6 Å². The maximum Gasteiger partial charge on any atom is 0.244 e. The molecule has 0 saturated carbocycles. The van der Waals surface area contributed by atoms with Gasteiger partial charge in [0.2, 0.25) is 11.8 Å². The number of hydrogen-bond donors (Lipinski definition) is 2. The van der Waals surface area contributed by atoms with E-state index in [1.54, 1.807) is 10.8 Å². The van der Waals surface area contributed by atoms with Gasteiger partial charge in [0.1, 0.15) is 11.3 Å². The van der Waals surface area contributed by atoms with Gasteiger partial charge in [-0.1, -0.05) is 25.1 Å². The average Bonchev–Trinajstić information content (AvgIpc) is 3.16. The van der Waals surface area contributed by atoms with Gasteiger partial charge in [-0.15, -0.1) is 0 Å². The highest BCUT2D eigenvalue weighted by molar-refractivity contribution is 6.00. The quantitative estimate of drug-likeness (QED) is 0.643. The van der Waals surface area contributed by atoms with Gasteiger partial charge in [0.15, 0.2) is 0 Å². The Kier molecular flexibility index (Phi) is 5.63. The molecule has 0 spiro atoms. The molecule has 7 heteroatoms. The zero-order valence-electron chi connectivity index (χ0n) is 16.5. The van der Waals surface area contributed by atoms with Crippen molar-refractivity contribution in [2.75, 3.05) is 11.9 Å². The third kappa shape index (κ3) is 3.98. The summed E-state index contributed by atoms with van der Waals surface area (Å²) in [6.07, 6.45) is 3.87. The lowest BCUT2D eigenvalue weighted by Crippen LogP contribution is -2.32. The van der Waals surface area contributed by atoms with Crippen LogP contribution in [0.25, 0.3) is 17.0 Å². The highest BCUT2D eigenvalue weighted by Crippen LogP contribution is 2.27. The van der Waals surface area contributed by atoms with Crippen molar-refractivity contribution in [3.8, 4) is 0 Å². The molecule has 146 valence electrons. The molecule has 0 bridgehead atoms. The number of carbonyl (C=O) groups excluding carboxylic acids is 2. The first kappa shape index (κ1) is 19.4. The fraction of sp³-hybridized carbons (Fsp3) is 0.286. The first-order valence-corrected chi connectivity index (χ1v) is 9.17. The third-order valence-electron chi connectivity index (χ3n) is 4.63. The van der Waals surface area contributed by atoms with Crippen LogP contribution in [0.2, 0.25) is 0 Å². The summed E-state index contributed by atoms with van der Waals surface area (Å²) >= 11 is 0. The summed E-state index contributed by atoms with van der Waals surface area (Å²) in [6.45, 7) is 5.58. The molecule has 2 N–H and O–H groups in total. The standard InChI is InChI=1S/C21H24N4O3/c1-5-17-16(15-8-6-7-9-18(15)28-17)10-11-19(26)22-12-20(27)23-21-13(2)24-25(4)14(21)3/h6-11H,5,12H2,1-4H3,(H,22,26)(H,23,27)/b11-10+. The van der Waals surface area contributed by atoms with Crippen LogP contribution in [0.4, 0.5) is 5.69 Å². The van der Waals surface area contributed by atoms with E-state index in [-0.39, 0.29) is 18.4 Å². The molecular formula is C21H24N4O3. The van der Waals surface area contributed by atoms with Crippen LogP contribution in [0.5, 0.6) is 0 Å². The molecule has 0 aliphatic heterocycles. The van der Waals surface area contributed by atoms with Crippen LogP contribution in [0.3, 0.4) is 0 Å². The van der Waals surface area contributed by atoms with Gasteiger partial charge in [0, 0.05) is 30.5 Å². The maximum atomic E-state index is 12.1. The molecule has 2 amide bonds. The van der Waals surface area contributed by atoms with E-state index in [1.165, 1.54) is 6.08 Å². The van der Waals surface area contributed by atoms with Crippen molar-refractivity contribution in [3.63, 3.8) is 0 Å². The minimum absolute atomic E-state index is 0.121. The average molecular weight is 380 g/mol.